The van der Waals surface area contributed by atoms with E-state index in [1.54, 1.807) is 13.8 Å². The van der Waals surface area contributed by atoms with Crippen LogP contribution in [-0.4, -0.2) is 43.7 Å². The van der Waals surface area contributed by atoms with Gasteiger partial charge in [-0.2, -0.15) is 0 Å². The Balaban J connectivity index is 3.85. The molecule has 0 amide bonds. The van der Waals surface area contributed by atoms with E-state index >= 15 is 0 Å². The van der Waals surface area contributed by atoms with Crippen molar-refractivity contribution in [1.29, 1.82) is 0 Å². The summed E-state index contributed by atoms with van der Waals surface area (Å²) >= 11 is 0. The van der Waals surface area contributed by atoms with Crippen molar-refractivity contribution in [1.82, 2.24) is 5.32 Å². The maximum atomic E-state index is 11.3. The normalized spacial score (nSPS) is 16.1. The fraction of sp³-hybridized carbons (Fsp3) is 1.00. The van der Waals surface area contributed by atoms with Gasteiger partial charge in [0.2, 0.25) is 0 Å². The van der Waals surface area contributed by atoms with Crippen LogP contribution in [0.4, 0.5) is 0 Å². The van der Waals surface area contributed by atoms with Crippen molar-refractivity contribution >= 4 is 9.84 Å². The molecule has 0 bridgehead atoms. The molecule has 0 aliphatic heterocycles. The molecule has 0 aliphatic carbocycles. The molecule has 4 nitrogen and oxygen atoms in total. The number of hydrogen-bond acceptors (Lipinski definition) is 4. The van der Waals surface area contributed by atoms with Gasteiger partial charge in [0.1, 0.15) is 9.84 Å². The monoisotopic (exact) mass is 265 g/mol. The summed E-state index contributed by atoms with van der Waals surface area (Å²) in [5.41, 5.74) is -0.821. The van der Waals surface area contributed by atoms with Crippen molar-refractivity contribution in [3.63, 3.8) is 0 Å². The number of nitrogens with one attached hydrogen (secondary N) is 1. The topological polar surface area (TPSA) is 66.4 Å². The van der Waals surface area contributed by atoms with Crippen LogP contribution in [-0.2, 0) is 9.84 Å². The number of hydrogen-bond donors (Lipinski definition) is 2. The zero-order valence-corrected chi connectivity index (χ0v) is 12.3. The highest BCUT2D eigenvalue weighted by atomic mass is 32.2. The third kappa shape index (κ3) is 9.56. The molecule has 0 aliphatic rings. The lowest BCUT2D eigenvalue weighted by molar-refractivity contribution is 0.0498. The number of rotatable bonds is 9. The Kier molecular flexibility index (Phi) is 7.28. The van der Waals surface area contributed by atoms with E-state index in [1.807, 2.05) is 0 Å². The molecule has 104 valence electrons. The second-order valence-electron chi connectivity index (χ2n) is 5.36. The molecule has 0 heterocycles. The maximum Gasteiger partial charge on any atom is 0.150 e. The molecular formula is C12H27NO3S. The predicted octanol–water partition coefficient (Wildman–Crippen LogP) is 1.20. The van der Waals surface area contributed by atoms with Gasteiger partial charge in [-0.1, -0.05) is 20.8 Å². The third-order valence-electron chi connectivity index (χ3n) is 2.67. The van der Waals surface area contributed by atoms with Crippen molar-refractivity contribution in [3.05, 3.63) is 0 Å². The van der Waals surface area contributed by atoms with Crippen LogP contribution < -0.4 is 5.32 Å². The minimum absolute atomic E-state index is 0.170. The first kappa shape index (κ1) is 16.9. The first-order valence-corrected chi connectivity index (χ1v) is 8.14. The van der Waals surface area contributed by atoms with E-state index in [4.69, 9.17) is 0 Å². The van der Waals surface area contributed by atoms with E-state index in [0.717, 1.165) is 6.54 Å². The maximum absolute atomic E-state index is 11.3. The third-order valence-corrected chi connectivity index (χ3v) is 4.46. The molecule has 0 saturated heterocycles. The van der Waals surface area contributed by atoms with Gasteiger partial charge in [-0.25, -0.2) is 8.42 Å². The Morgan fingerprint density at radius 1 is 1.35 bits per heavy atom. The zero-order chi connectivity index (χ0) is 13.5. The van der Waals surface area contributed by atoms with E-state index in [2.05, 4.69) is 19.2 Å². The Labute approximate surface area is 106 Å². The van der Waals surface area contributed by atoms with E-state index < -0.39 is 15.4 Å². The van der Waals surface area contributed by atoms with Gasteiger partial charge in [0.15, 0.2) is 0 Å². The lowest BCUT2D eigenvalue weighted by Crippen LogP contribution is -2.39. The van der Waals surface area contributed by atoms with Crippen molar-refractivity contribution in [2.45, 2.75) is 46.1 Å². The van der Waals surface area contributed by atoms with Crippen LogP contribution in [0.2, 0.25) is 0 Å². The average molecular weight is 265 g/mol. The van der Waals surface area contributed by atoms with Gasteiger partial charge < -0.3 is 10.4 Å². The Morgan fingerprint density at radius 3 is 2.41 bits per heavy atom. The van der Waals surface area contributed by atoms with Crippen molar-refractivity contribution in [3.8, 4) is 0 Å². The van der Waals surface area contributed by atoms with Crippen LogP contribution in [0.3, 0.4) is 0 Å². The summed E-state index contributed by atoms with van der Waals surface area (Å²) in [4.78, 5) is 0. The fourth-order valence-corrected chi connectivity index (χ4v) is 2.41. The summed E-state index contributed by atoms with van der Waals surface area (Å²) in [6.07, 6.45) is 1.03. The lowest BCUT2D eigenvalue weighted by atomic mass is 10.0. The van der Waals surface area contributed by atoms with Crippen LogP contribution in [0.1, 0.15) is 40.5 Å². The van der Waals surface area contributed by atoms with Crippen LogP contribution in [0.25, 0.3) is 0 Å². The molecule has 17 heavy (non-hydrogen) atoms. The molecule has 0 aromatic carbocycles. The molecule has 0 rings (SSSR count). The highest BCUT2D eigenvalue weighted by Crippen LogP contribution is 2.12. The van der Waals surface area contributed by atoms with Gasteiger partial charge >= 0.3 is 0 Å². The highest BCUT2D eigenvalue weighted by molar-refractivity contribution is 7.91. The summed E-state index contributed by atoms with van der Waals surface area (Å²) in [6.45, 7) is 8.99. The molecule has 0 radical (unpaired) electrons. The van der Waals surface area contributed by atoms with Crippen LogP contribution >= 0.6 is 0 Å². The number of sulfone groups is 1. The Bertz CT molecular complexity index is 297. The fourth-order valence-electron chi connectivity index (χ4n) is 1.54. The van der Waals surface area contributed by atoms with Gasteiger partial charge in [0.25, 0.3) is 0 Å². The number of aliphatic hydroxyl groups is 1. The lowest BCUT2D eigenvalue weighted by Gasteiger charge is -2.24. The van der Waals surface area contributed by atoms with E-state index in [0.29, 0.717) is 25.3 Å². The quantitative estimate of drug-likeness (QED) is 0.657. The van der Waals surface area contributed by atoms with Crippen LogP contribution in [0.15, 0.2) is 0 Å². The van der Waals surface area contributed by atoms with Crippen LogP contribution in [0.5, 0.6) is 0 Å². The minimum Gasteiger partial charge on any atom is -0.389 e. The highest BCUT2D eigenvalue weighted by Gasteiger charge is 2.20. The van der Waals surface area contributed by atoms with Gasteiger partial charge in [-0.05, 0) is 32.2 Å². The predicted molar refractivity (Wildman–Crippen MR) is 71.9 cm³/mol. The second-order valence-corrected chi connectivity index (χ2v) is 7.83. The van der Waals surface area contributed by atoms with Gasteiger partial charge in [0, 0.05) is 12.3 Å². The van der Waals surface area contributed by atoms with E-state index in [1.165, 1.54) is 0 Å². The molecule has 1 unspecified atom stereocenters. The molecule has 0 fully saturated rings. The smallest absolute Gasteiger partial charge is 0.150 e. The van der Waals surface area contributed by atoms with E-state index in [-0.39, 0.29) is 11.5 Å². The molecule has 0 spiro atoms. The molecular weight excluding hydrogens is 238 g/mol. The SMILES string of the molecule is CCS(=O)(=O)CCCC(C)(O)CNCC(C)C. The van der Waals surface area contributed by atoms with Gasteiger partial charge in [0.05, 0.1) is 11.4 Å². The van der Waals surface area contributed by atoms with E-state index in [9.17, 15) is 13.5 Å². The summed E-state index contributed by atoms with van der Waals surface area (Å²) in [6, 6.07) is 0. The Hall–Kier alpha value is -0.130. The largest absolute Gasteiger partial charge is 0.389 e. The molecule has 5 heteroatoms. The summed E-state index contributed by atoms with van der Waals surface area (Å²) in [7, 11) is -2.91. The Morgan fingerprint density at radius 2 is 1.94 bits per heavy atom. The zero-order valence-electron chi connectivity index (χ0n) is 11.5. The second kappa shape index (κ2) is 7.34. The van der Waals surface area contributed by atoms with Gasteiger partial charge in [-0.3, -0.25) is 0 Å². The first-order valence-electron chi connectivity index (χ1n) is 6.32. The van der Waals surface area contributed by atoms with Crippen molar-refractivity contribution in [2.75, 3.05) is 24.6 Å². The molecule has 2 N–H and O–H groups in total. The minimum atomic E-state index is -2.91. The van der Waals surface area contributed by atoms with Crippen molar-refractivity contribution < 1.29 is 13.5 Å². The standard InChI is InChI=1S/C12H27NO3S/c1-5-17(15,16)8-6-7-12(4,14)10-13-9-11(2)3/h11,13-14H,5-10H2,1-4H3. The first-order chi connectivity index (χ1) is 7.68. The molecule has 0 saturated carbocycles. The molecule has 1 atom stereocenters. The summed E-state index contributed by atoms with van der Waals surface area (Å²) in [5.74, 6) is 0.899. The summed E-state index contributed by atoms with van der Waals surface area (Å²) < 4.78 is 22.6. The van der Waals surface area contributed by atoms with Gasteiger partial charge in [-0.15, -0.1) is 0 Å². The summed E-state index contributed by atoms with van der Waals surface area (Å²) in [5, 5.41) is 13.2. The molecule has 0 aromatic rings. The average Bonchev–Trinajstić information content (AvgIpc) is 2.16. The molecule has 0 aromatic heterocycles. The van der Waals surface area contributed by atoms with Crippen molar-refractivity contribution in [2.24, 2.45) is 5.92 Å². The van der Waals surface area contributed by atoms with Crippen LogP contribution in [0, 0.1) is 5.92 Å².